The second-order valence-electron chi connectivity index (χ2n) is 11.5. The van der Waals surface area contributed by atoms with Crippen LogP contribution in [0.2, 0.25) is 0 Å². The van der Waals surface area contributed by atoms with Crippen LogP contribution < -0.4 is 10.6 Å². The van der Waals surface area contributed by atoms with Crippen molar-refractivity contribution in [2.24, 2.45) is 0 Å². The summed E-state index contributed by atoms with van der Waals surface area (Å²) < 4.78 is 5.43. The van der Waals surface area contributed by atoms with Crippen molar-refractivity contribution in [1.82, 2.24) is 25.5 Å². The van der Waals surface area contributed by atoms with Crippen LogP contribution in [0.15, 0.2) is 97.5 Å². The molecular weight excluding hydrogens is 554 g/mol. The predicted molar refractivity (Wildman–Crippen MR) is 167 cm³/mol. The molecule has 44 heavy (non-hydrogen) atoms. The first-order chi connectivity index (χ1) is 21.4. The van der Waals surface area contributed by atoms with Gasteiger partial charge in [-0.05, 0) is 36.5 Å². The van der Waals surface area contributed by atoms with Crippen LogP contribution in [0.4, 0.5) is 4.79 Å². The lowest BCUT2D eigenvalue weighted by Crippen LogP contribution is -2.53. The average Bonchev–Trinajstić information content (AvgIpc) is 3.54. The molecule has 228 valence electrons. The maximum atomic E-state index is 14.1. The molecule has 1 heterocycles. The first kappa shape index (κ1) is 30.5. The monoisotopic (exact) mass is 593 g/mol. The minimum atomic E-state index is -0.998. The number of imidazole rings is 1. The van der Waals surface area contributed by atoms with E-state index in [0.717, 1.165) is 36.0 Å². The highest BCUT2D eigenvalue weighted by Gasteiger charge is 2.39. The van der Waals surface area contributed by atoms with Crippen LogP contribution in [0.25, 0.3) is 0 Å². The minimum Gasteiger partial charge on any atom is -0.445 e. The first-order valence-corrected chi connectivity index (χ1v) is 15.0. The SMILES string of the molecule is Cc1ccc(CN(CC(=O)NCC2(c3ccccc3)CCC2)C(=O)[C@H](Cc2c[nH]cn2)NC(=O)OCc2ccccc2)cc1. The summed E-state index contributed by atoms with van der Waals surface area (Å²) in [6, 6.07) is 26.4. The number of nitrogens with one attached hydrogen (secondary N) is 3. The fourth-order valence-corrected chi connectivity index (χ4v) is 5.52. The number of aromatic amines is 1. The normalized spacial score (nSPS) is 14.1. The van der Waals surface area contributed by atoms with Gasteiger partial charge in [0.25, 0.3) is 0 Å². The van der Waals surface area contributed by atoms with Gasteiger partial charge in [0.1, 0.15) is 12.6 Å². The van der Waals surface area contributed by atoms with Crippen molar-refractivity contribution in [3.8, 4) is 0 Å². The lowest BCUT2D eigenvalue weighted by atomic mass is 9.64. The van der Waals surface area contributed by atoms with E-state index in [4.69, 9.17) is 4.74 Å². The van der Waals surface area contributed by atoms with Gasteiger partial charge in [0.2, 0.25) is 11.8 Å². The second-order valence-corrected chi connectivity index (χ2v) is 11.5. The Morgan fingerprint density at radius 1 is 0.955 bits per heavy atom. The fourth-order valence-electron chi connectivity index (χ4n) is 5.52. The highest BCUT2D eigenvalue weighted by molar-refractivity contribution is 5.89. The van der Waals surface area contributed by atoms with Crippen molar-refractivity contribution >= 4 is 17.9 Å². The molecule has 1 fully saturated rings. The highest BCUT2D eigenvalue weighted by atomic mass is 16.5. The zero-order chi connectivity index (χ0) is 30.8. The van der Waals surface area contributed by atoms with Gasteiger partial charge in [0, 0.05) is 31.1 Å². The Balaban J connectivity index is 1.30. The maximum absolute atomic E-state index is 14.1. The Hall–Kier alpha value is -4.92. The molecule has 9 nitrogen and oxygen atoms in total. The lowest BCUT2D eigenvalue weighted by molar-refractivity contribution is -0.138. The summed E-state index contributed by atoms with van der Waals surface area (Å²) >= 11 is 0. The molecule has 4 aromatic rings. The third-order valence-corrected chi connectivity index (χ3v) is 8.23. The summed E-state index contributed by atoms with van der Waals surface area (Å²) in [6.45, 7) is 2.61. The van der Waals surface area contributed by atoms with Gasteiger partial charge < -0.3 is 25.3 Å². The lowest BCUT2D eigenvalue weighted by Gasteiger charge is -2.42. The molecule has 3 N–H and O–H groups in total. The van der Waals surface area contributed by atoms with E-state index in [9.17, 15) is 14.4 Å². The molecule has 1 aromatic heterocycles. The molecule has 3 amide bonds. The van der Waals surface area contributed by atoms with Gasteiger partial charge in [-0.15, -0.1) is 0 Å². The third kappa shape index (κ3) is 8.12. The van der Waals surface area contributed by atoms with Gasteiger partial charge in [0.15, 0.2) is 0 Å². The molecular formula is C35H39N5O4. The van der Waals surface area contributed by atoms with Crippen LogP contribution in [0.5, 0.6) is 0 Å². The number of aryl methyl sites for hydroxylation is 1. The number of carbonyl (C=O) groups excluding carboxylic acids is 3. The molecule has 0 spiro atoms. The number of ether oxygens (including phenoxy) is 1. The third-order valence-electron chi connectivity index (χ3n) is 8.23. The summed E-state index contributed by atoms with van der Waals surface area (Å²) in [5, 5.41) is 5.84. The number of H-pyrrole nitrogens is 1. The summed E-state index contributed by atoms with van der Waals surface area (Å²) in [4.78, 5) is 49.0. The number of benzene rings is 3. The average molecular weight is 594 g/mol. The first-order valence-electron chi connectivity index (χ1n) is 15.0. The minimum absolute atomic E-state index is 0.0641. The number of aromatic nitrogens is 2. The Morgan fingerprint density at radius 3 is 2.30 bits per heavy atom. The van der Waals surface area contributed by atoms with Gasteiger partial charge in [-0.1, -0.05) is 96.9 Å². The Bertz CT molecular complexity index is 1500. The molecule has 9 heteroatoms. The van der Waals surface area contributed by atoms with E-state index < -0.39 is 18.0 Å². The number of amides is 3. The van der Waals surface area contributed by atoms with E-state index >= 15 is 0 Å². The summed E-state index contributed by atoms with van der Waals surface area (Å²) in [5.41, 5.74) is 4.53. The van der Waals surface area contributed by atoms with Crippen LogP contribution in [0, 0.1) is 6.92 Å². The van der Waals surface area contributed by atoms with E-state index in [1.54, 1.807) is 6.20 Å². The Kier molecular flexibility index (Phi) is 10.1. The van der Waals surface area contributed by atoms with Crippen molar-refractivity contribution in [2.75, 3.05) is 13.1 Å². The topological polar surface area (TPSA) is 116 Å². The number of hydrogen-bond acceptors (Lipinski definition) is 5. The van der Waals surface area contributed by atoms with Crippen molar-refractivity contribution in [2.45, 2.75) is 57.2 Å². The fraction of sp³-hybridized carbons (Fsp3) is 0.314. The second kappa shape index (κ2) is 14.5. The standard InChI is InChI=1S/C35H39N5O4/c1-26-13-15-27(16-14-26)21-40(22-32(41)37-24-35(17-8-18-35)29-11-6-3-7-12-29)33(42)31(19-30-20-36-25-38-30)39-34(43)44-23-28-9-4-2-5-10-28/h2-7,9-16,20,25,31H,8,17-19,21-24H2,1H3,(H,36,38)(H,37,41)(H,39,43)/t31-/m0/s1. The quantitative estimate of drug-likeness (QED) is 0.206. The van der Waals surface area contributed by atoms with E-state index in [-0.39, 0.29) is 37.4 Å². The van der Waals surface area contributed by atoms with Crippen molar-refractivity contribution in [3.63, 3.8) is 0 Å². The van der Waals surface area contributed by atoms with Gasteiger partial charge in [-0.3, -0.25) is 9.59 Å². The Labute approximate surface area is 258 Å². The predicted octanol–water partition coefficient (Wildman–Crippen LogP) is 4.82. The molecule has 1 atom stereocenters. The summed E-state index contributed by atoms with van der Waals surface area (Å²) in [6.07, 6.45) is 5.72. The molecule has 0 bridgehead atoms. The van der Waals surface area contributed by atoms with Crippen LogP contribution in [0.1, 0.15) is 47.2 Å². The summed E-state index contributed by atoms with van der Waals surface area (Å²) in [7, 11) is 0. The van der Waals surface area contributed by atoms with Crippen LogP contribution in [-0.4, -0.2) is 51.9 Å². The zero-order valence-electron chi connectivity index (χ0n) is 25.0. The van der Waals surface area contributed by atoms with E-state index in [2.05, 4.69) is 32.7 Å². The highest BCUT2D eigenvalue weighted by Crippen LogP contribution is 2.43. The van der Waals surface area contributed by atoms with E-state index in [1.807, 2.05) is 79.7 Å². The number of hydrogen-bond donors (Lipinski definition) is 3. The smallest absolute Gasteiger partial charge is 0.408 e. The number of nitrogens with zero attached hydrogens (tertiary/aromatic N) is 2. The van der Waals surface area contributed by atoms with Crippen LogP contribution in [-0.2, 0) is 39.3 Å². The van der Waals surface area contributed by atoms with Gasteiger partial charge in [-0.2, -0.15) is 0 Å². The maximum Gasteiger partial charge on any atom is 0.408 e. The summed E-state index contributed by atoms with van der Waals surface area (Å²) in [5.74, 6) is -0.653. The number of rotatable bonds is 13. The molecule has 1 aliphatic rings. The Morgan fingerprint density at radius 2 is 1.66 bits per heavy atom. The molecule has 5 rings (SSSR count). The number of carbonyl (C=O) groups is 3. The van der Waals surface area contributed by atoms with Crippen LogP contribution >= 0.6 is 0 Å². The largest absolute Gasteiger partial charge is 0.445 e. The zero-order valence-corrected chi connectivity index (χ0v) is 25.0. The van der Waals surface area contributed by atoms with Crippen LogP contribution in [0.3, 0.4) is 0 Å². The number of alkyl carbamates (subject to hydrolysis) is 1. The molecule has 0 radical (unpaired) electrons. The molecule has 1 aliphatic carbocycles. The van der Waals surface area contributed by atoms with E-state index in [1.165, 1.54) is 16.8 Å². The molecule has 0 saturated heterocycles. The van der Waals surface area contributed by atoms with Gasteiger partial charge in [0.05, 0.1) is 18.6 Å². The van der Waals surface area contributed by atoms with E-state index in [0.29, 0.717) is 12.2 Å². The van der Waals surface area contributed by atoms with Crippen molar-refractivity contribution in [1.29, 1.82) is 0 Å². The molecule has 1 saturated carbocycles. The van der Waals surface area contributed by atoms with Crippen molar-refractivity contribution < 1.29 is 19.1 Å². The molecule has 0 unspecified atom stereocenters. The van der Waals surface area contributed by atoms with Gasteiger partial charge in [-0.25, -0.2) is 9.78 Å². The molecule has 3 aromatic carbocycles. The van der Waals surface area contributed by atoms with Crippen molar-refractivity contribution in [3.05, 3.63) is 125 Å². The molecule has 0 aliphatic heterocycles. The van der Waals surface area contributed by atoms with Gasteiger partial charge >= 0.3 is 6.09 Å².